The van der Waals surface area contributed by atoms with Crippen LogP contribution in [0.15, 0.2) is 17.5 Å². The van der Waals surface area contributed by atoms with Gasteiger partial charge in [0.15, 0.2) is 9.84 Å². The van der Waals surface area contributed by atoms with Crippen molar-refractivity contribution in [2.24, 2.45) is 5.92 Å². The van der Waals surface area contributed by atoms with E-state index in [0.29, 0.717) is 23.4 Å². The molecule has 1 amide bonds. The van der Waals surface area contributed by atoms with Crippen LogP contribution < -0.4 is 5.32 Å². The van der Waals surface area contributed by atoms with Gasteiger partial charge in [-0.05, 0) is 35.4 Å². The van der Waals surface area contributed by atoms with Gasteiger partial charge in [-0.25, -0.2) is 13.2 Å². The molecular formula is C13H15NO5S2. The Labute approximate surface area is 126 Å². The Morgan fingerprint density at radius 1 is 1.48 bits per heavy atom. The summed E-state index contributed by atoms with van der Waals surface area (Å²) >= 11 is 1.22. The standard InChI is InChI=1S/C13H15NO5S2/c15-11(16)2-1-10-3-5-20-12(10)13(17)14-7-9-4-6-21(18,19)8-9/h1-3,5,9H,4,6-8H2,(H,14,17)(H,15,16). The van der Waals surface area contributed by atoms with Crippen LogP contribution in [0, 0.1) is 5.92 Å². The van der Waals surface area contributed by atoms with Gasteiger partial charge in [-0.3, -0.25) is 4.79 Å². The lowest BCUT2D eigenvalue weighted by Gasteiger charge is -2.09. The van der Waals surface area contributed by atoms with Crippen LogP contribution in [0.3, 0.4) is 0 Å². The lowest BCUT2D eigenvalue weighted by Crippen LogP contribution is -2.29. The Morgan fingerprint density at radius 3 is 2.86 bits per heavy atom. The van der Waals surface area contributed by atoms with E-state index in [0.717, 1.165) is 6.08 Å². The van der Waals surface area contributed by atoms with Gasteiger partial charge in [-0.15, -0.1) is 11.3 Å². The first-order chi connectivity index (χ1) is 9.87. The molecule has 114 valence electrons. The summed E-state index contributed by atoms with van der Waals surface area (Å²) in [6, 6.07) is 1.67. The number of carbonyl (C=O) groups is 2. The molecule has 8 heteroatoms. The number of carboxylic acids is 1. The Hall–Kier alpha value is -1.67. The minimum Gasteiger partial charge on any atom is -0.478 e. The number of aliphatic carboxylic acids is 1. The predicted octanol–water partition coefficient (Wildman–Crippen LogP) is 1.01. The zero-order chi connectivity index (χ0) is 15.5. The van der Waals surface area contributed by atoms with Crippen LogP contribution >= 0.6 is 11.3 Å². The maximum Gasteiger partial charge on any atom is 0.328 e. The largest absolute Gasteiger partial charge is 0.478 e. The Kier molecular flexibility index (Phi) is 4.79. The van der Waals surface area contributed by atoms with Gasteiger partial charge in [0.05, 0.1) is 16.4 Å². The fraction of sp³-hybridized carbons (Fsp3) is 0.385. The van der Waals surface area contributed by atoms with E-state index in [1.54, 1.807) is 11.4 Å². The molecule has 1 saturated heterocycles. The number of amides is 1. The molecule has 0 bridgehead atoms. The van der Waals surface area contributed by atoms with E-state index in [2.05, 4.69) is 5.32 Å². The van der Waals surface area contributed by atoms with E-state index < -0.39 is 15.8 Å². The third-order valence-corrected chi connectivity index (χ3v) is 5.95. The molecule has 1 atom stereocenters. The number of hydrogen-bond acceptors (Lipinski definition) is 5. The molecule has 1 aromatic rings. The maximum atomic E-state index is 12.1. The first-order valence-corrected chi connectivity index (χ1v) is 9.04. The maximum absolute atomic E-state index is 12.1. The quantitative estimate of drug-likeness (QED) is 0.785. The Balaban J connectivity index is 1.95. The minimum absolute atomic E-state index is 0.0445. The van der Waals surface area contributed by atoms with Crippen molar-refractivity contribution in [2.45, 2.75) is 6.42 Å². The van der Waals surface area contributed by atoms with Gasteiger partial charge in [0.1, 0.15) is 0 Å². The summed E-state index contributed by atoms with van der Waals surface area (Å²) in [6.45, 7) is 0.318. The van der Waals surface area contributed by atoms with Crippen molar-refractivity contribution in [1.82, 2.24) is 5.32 Å². The van der Waals surface area contributed by atoms with Crippen LogP contribution in [0.4, 0.5) is 0 Å². The summed E-state index contributed by atoms with van der Waals surface area (Å²) in [5.41, 5.74) is 0.541. The predicted molar refractivity (Wildman–Crippen MR) is 80.1 cm³/mol. The molecule has 0 radical (unpaired) electrons. The van der Waals surface area contributed by atoms with Crippen molar-refractivity contribution >= 4 is 39.1 Å². The molecule has 6 nitrogen and oxygen atoms in total. The number of rotatable bonds is 5. The zero-order valence-electron chi connectivity index (χ0n) is 11.1. The van der Waals surface area contributed by atoms with Crippen molar-refractivity contribution in [3.05, 3.63) is 28.0 Å². The second-order valence-electron chi connectivity index (χ2n) is 4.86. The van der Waals surface area contributed by atoms with Crippen LogP contribution in [0.5, 0.6) is 0 Å². The van der Waals surface area contributed by atoms with E-state index >= 15 is 0 Å². The molecule has 0 aromatic carbocycles. The highest BCUT2D eigenvalue weighted by Crippen LogP contribution is 2.20. The van der Waals surface area contributed by atoms with E-state index in [1.165, 1.54) is 17.4 Å². The molecule has 0 spiro atoms. The third-order valence-electron chi connectivity index (χ3n) is 3.19. The minimum atomic E-state index is -2.95. The molecule has 1 unspecified atom stereocenters. The molecule has 2 heterocycles. The number of thiophene rings is 1. The Morgan fingerprint density at radius 2 is 2.24 bits per heavy atom. The highest BCUT2D eigenvalue weighted by molar-refractivity contribution is 7.91. The molecule has 1 aliphatic heterocycles. The lowest BCUT2D eigenvalue weighted by atomic mass is 10.1. The van der Waals surface area contributed by atoms with Crippen molar-refractivity contribution in [2.75, 3.05) is 18.1 Å². The number of sulfone groups is 1. The first-order valence-electron chi connectivity index (χ1n) is 6.34. The van der Waals surface area contributed by atoms with E-state index in [1.807, 2.05) is 0 Å². The monoisotopic (exact) mass is 329 g/mol. The SMILES string of the molecule is O=C(O)C=Cc1ccsc1C(=O)NCC1CCS(=O)(=O)C1. The van der Waals surface area contributed by atoms with Crippen molar-refractivity contribution < 1.29 is 23.1 Å². The second-order valence-corrected chi connectivity index (χ2v) is 8.00. The fourth-order valence-corrected chi connectivity index (χ4v) is 4.81. The van der Waals surface area contributed by atoms with Crippen LogP contribution in [-0.2, 0) is 14.6 Å². The molecule has 2 rings (SSSR count). The number of carboxylic acid groups (broad SMARTS) is 1. The van der Waals surface area contributed by atoms with Crippen molar-refractivity contribution in [3.8, 4) is 0 Å². The smallest absolute Gasteiger partial charge is 0.328 e. The van der Waals surface area contributed by atoms with Gasteiger partial charge >= 0.3 is 5.97 Å². The normalized spacial score (nSPS) is 20.7. The molecule has 1 fully saturated rings. The van der Waals surface area contributed by atoms with Crippen LogP contribution in [0.2, 0.25) is 0 Å². The summed E-state index contributed by atoms with van der Waals surface area (Å²) in [7, 11) is -2.95. The zero-order valence-corrected chi connectivity index (χ0v) is 12.7. The average Bonchev–Trinajstić information content (AvgIpc) is 2.99. The van der Waals surface area contributed by atoms with Gasteiger partial charge in [0.25, 0.3) is 5.91 Å². The van der Waals surface area contributed by atoms with Gasteiger partial charge in [-0.2, -0.15) is 0 Å². The number of hydrogen-bond donors (Lipinski definition) is 2. The average molecular weight is 329 g/mol. The van der Waals surface area contributed by atoms with Crippen molar-refractivity contribution in [1.29, 1.82) is 0 Å². The molecule has 0 saturated carbocycles. The Bertz CT molecular complexity index is 674. The summed E-state index contributed by atoms with van der Waals surface area (Å²) in [5, 5.41) is 13.0. The summed E-state index contributed by atoms with van der Waals surface area (Å²) in [6.07, 6.45) is 2.91. The summed E-state index contributed by atoms with van der Waals surface area (Å²) < 4.78 is 22.7. The van der Waals surface area contributed by atoms with Crippen LogP contribution in [0.1, 0.15) is 21.7 Å². The summed E-state index contributed by atoms with van der Waals surface area (Å²) in [4.78, 5) is 23.0. The topological polar surface area (TPSA) is 101 Å². The molecule has 0 aliphatic carbocycles. The first kappa shape index (κ1) is 15.7. The van der Waals surface area contributed by atoms with Crippen LogP contribution in [0.25, 0.3) is 6.08 Å². The van der Waals surface area contributed by atoms with Crippen molar-refractivity contribution in [3.63, 3.8) is 0 Å². The highest BCUT2D eigenvalue weighted by atomic mass is 32.2. The highest BCUT2D eigenvalue weighted by Gasteiger charge is 2.28. The van der Waals surface area contributed by atoms with E-state index in [4.69, 9.17) is 5.11 Å². The van der Waals surface area contributed by atoms with Gasteiger partial charge in [0.2, 0.25) is 0 Å². The molecule has 1 aliphatic rings. The second kappa shape index (κ2) is 6.40. The van der Waals surface area contributed by atoms with Gasteiger partial charge in [0, 0.05) is 12.6 Å². The number of nitrogens with one attached hydrogen (secondary N) is 1. The summed E-state index contributed by atoms with van der Waals surface area (Å²) in [5.74, 6) is -1.14. The van der Waals surface area contributed by atoms with E-state index in [-0.39, 0.29) is 23.3 Å². The van der Waals surface area contributed by atoms with Gasteiger partial charge < -0.3 is 10.4 Å². The fourth-order valence-electron chi connectivity index (χ4n) is 2.15. The molecular weight excluding hydrogens is 314 g/mol. The van der Waals surface area contributed by atoms with Crippen LogP contribution in [-0.4, -0.2) is 43.5 Å². The van der Waals surface area contributed by atoms with E-state index in [9.17, 15) is 18.0 Å². The molecule has 2 N–H and O–H groups in total. The van der Waals surface area contributed by atoms with Gasteiger partial charge in [-0.1, -0.05) is 0 Å². The lowest BCUT2D eigenvalue weighted by molar-refractivity contribution is -0.131. The molecule has 1 aromatic heterocycles. The molecule has 21 heavy (non-hydrogen) atoms. The number of carbonyl (C=O) groups excluding carboxylic acids is 1. The third kappa shape index (κ3) is 4.40.